The second-order valence-corrected chi connectivity index (χ2v) is 3.27. The van der Waals surface area contributed by atoms with E-state index in [0.717, 1.165) is 18.8 Å². The summed E-state index contributed by atoms with van der Waals surface area (Å²) in [4.78, 5) is 0. The van der Waals surface area contributed by atoms with Gasteiger partial charge in [0, 0.05) is 6.07 Å². The molecule has 0 saturated carbocycles. The Balaban J connectivity index is 2.32. The zero-order chi connectivity index (χ0) is 9.80. The van der Waals surface area contributed by atoms with Gasteiger partial charge in [-0.15, -0.1) is 0 Å². The zero-order valence-electron chi connectivity index (χ0n) is 8.29. The van der Waals surface area contributed by atoms with Gasteiger partial charge in [0.15, 0.2) is 0 Å². The molecule has 14 heavy (non-hydrogen) atoms. The third-order valence-corrected chi connectivity index (χ3v) is 2.11. The lowest BCUT2D eigenvalue weighted by atomic mass is 10.1. The van der Waals surface area contributed by atoms with Crippen LogP contribution < -0.4 is 4.74 Å². The van der Waals surface area contributed by atoms with Crippen LogP contribution >= 0.6 is 0 Å². The second-order valence-electron chi connectivity index (χ2n) is 3.27. The van der Waals surface area contributed by atoms with Gasteiger partial charge in [-0.3, -0.25) is 0 Å². The molecule has 2 aromatic rings. The highest BCUT2D eigenvalue weighted by atomic mass is 16.5. The molecule has 2 aromatic carbocycles. The van der Waals surface area contributed by atoms with Crippen LogP contribution in [0.2, 0.25) is 0 Å². The summed E-state index contributed by atoms with van der Waals surface area (Å²) < 4.78 is 5.51. The highest BCUT2D eigenvalue weighted by Crippen LogP contribution is 2.19. The van der Waals surface area contributed by atoms with Crippen molar-refractivity contribution in [1.29, 1.82) is 0 Å². The van der Waals surface area contributed by atoms with Gasteiger partial charge >= 0.3 is 0 Å². The molecule has 0 aromatic heterocycles. The molecular formula is C13H13O. The van der Waals surface area contributed by atoms with Crippen LogP contribution in [0.3, 0.4) is 0 Å². The van der Waals surface area contributed by atoms with E-state index in [2.05, 4.69) is 25.1 Å². The molecule has 0 atom stereocenters. The summed E-state index contributed by atoms with van der Waals surface area (Å²) in [6.07, 6.45) is 1.03. The Hall–Kier alpha value is -1.50. The Morgan fingerprint density at radius 3 is 2.79 bits per heavy atom. The quantitative estimate of drug-likeness (QED) is 0.711. The van der Waals surface area contributed by atoms with Gasteiger partial charge in [-0.1, -0.05) is 31.2 Å². The molecule has 0 saturated heterocycles. The fourth-order valence-electron chi connectivity index (χ4n) is 1.40. The van der Waals surface area contributed by atoms with Gasteiger partial charge in [0.2, 0.25) is 0 Å². The van der Waals surface area contributed by atoms with Gasteiger partial charge in [-0.25, -0.2) is 0 Å². The molecule has 1 radical (unpaired) electrons. The minimum atomic E-state index is 0.759. The summed E-state index contributed by atoms with van der Waals surface area (Å²) in [5, 5.41) is 2.41. The first-order chi connectivity index (χ1) is 6.90. The predicted molar refractivity (Wildman–Crippen MR) is 58.6 cm³/mol. The van der Waals surface area contributed by atoms with Crippen LogP contribution in [0.1, 0.15) is 13.3 Å². The number of hydrogen-bond acceptors (Lipinski definition) is 1. The molecule has 0 N–H and O–H groups in total. The second kappa shape index (κ2) is 4.14. The molecule has 0 aliphatic heterocycles. The molecule has 1 heteroatoms. The van der Waals surface area contributed by atoms with Crippen LogP contribution in [0, 0.1) is 6.07 Å². The summed E-state index contributed by atoms with van der Waals surface area (Å²) in [6, 6.07) is 15.4. The van der Waals surface area contributed by atoms with Crippen molar-refractivity contribution in [2.75, 3.05) is 6.61 Å². The van der Waals surface area contributed by atoms with Gasteiger partial charge in [0.1, 0.15) is 5.75 Å². The summed E-state index contributed by atoms with van der Waals surface area (Å²) in [7, 11) is 0. The molecule has 0 aliphatic carbocycles. The molecule has 1 nitrogen and oxygen atoms in total. The summed E-state index contributed by atoms with van der Waals surface area (Å²) in [6.45, 7) is 2.86. The summed E-state index contributed by atoms with van der Waals surface area (Å²) >= 11 is 0. The zero-order valence-corrected chi connectivity index (χ0v) is 8.29. The normalized spacial score (nSPS) is 10.4. The van der Waals surface area contributed by atoms with E-state index >= 15 is 0 Å². The summed E-state index contributed by atoms with van der Waals surface area (Å²) in [5.41, 5.74) is 0. The largest absolute Gasteiger partial charge is 0.493 e. The fraction of sp³-hybridized carbons (Fsp3) is 0.231. The SMILES string of the molecule is CCCOc1[c]cc2ccccc2c1. The standard InChI is InChI=1S/C13H13O/c1-2-9-14-13-8-7-11-5-3-4-6-12(11)10-13/h3-7,10H,2,9H2,1H3. The van der Waals surface area contributed by atoms with Crippen LogP contribution in [-0.4, -0.2) is 6.61 Å². The van der Waals surface area contributed by atoms with E-state index in [1.54, 1.807) is 0 Å². The fourth-order valence-corrected chi connectivity index (χ4v) is 1.40. The van der Waals surface area contributed by atoms with E-state index in [0.29, 0.717) is 0 Å². The maximum Gasteiger partial charge on any atom is 0.127 e. The third kappa shape index (κ3) is 1.87. The van der Waals surface area contributed by atoms with Crippen molar-refractivity contribution < 1.29 is 4.74 Å². The predicted octanol–water partition coefficient (Wildman–Crippen LogP) is 3.43. The minimum Gasteiger partial charge on any atom is -0.493 e. The first-order valence-corrected chi connectivity index (χ1v) is 4.93. The third-order valence-electron chi connectivity index (χ3n) is 2.11. The van der Waals surface area contributed by atoms with Crippen molar-refractivity contribution in [3.8, 4) is 5.75 Å². The monoisotopic (exact) mass is 185 g/mol. The van der Waals surface area contributed by atoms with Crippen molar-refractivity contribution in [1.82, 2.24) is 0 Å². The molecule has 0 fully saturated rings. The van der Waals surface area contributed by atoms with Crippen LogP contribution in [0.5, 0.6) is 5.75 Å². The molecule has 0 spiro atoms. The number of rotatable bonds is 3. The van der Waals surface area contributed by atoms with Gasteiger partial charge < -0.3 is 4.74 Å². The van der Waals surface area contributed by atoms with Gasteiger partial charge in [-0.2, -0.15) is 0 Å². The molecule has 0 aliphatic rings. The van der Waals surface area contributed by atoms with E-state index in [9.17, 15) is 0 Å². The first-order valence-electron chi connectivity index (χ1n) is 4.93. The van der Waals surface area contributed by atoms with Crippen molar-refractivity contribution in [2.45, 2.75) is 13.3 Å². The molecule has 0 bridgehead atoms. The Kier molecular flexibility index (Phi) is 2.68. The van der Waals surface area contributed by atoms with Crippen molar-refractivity contribution in [3.05, 3.63) is 42.5 Å². The lowest BCUT2D eigenvalue weighted by molar-refractivity contribution is 0.317. The van der Waals surface area contributed by atoms with E-state index < -0.39 is 0 Å². The van der Waals surface area contributed by atoms with E-state index in [1.165, 1.54) is 10.8 Å². The minimum absolute atomic E-state index is 0.759. The van der Waals surface area contributed by atoms with Gasteiger partial charge in [0.05, 0.1) is 6.61 Å². The molecule has 71 valence electrons. The Morgan fingerprint density at radius 2 is 2.00 bits per heavy atom. The van der Waals surface area contributed by atoms with E-state index in [4.69, 9.17) is 4.74 Å². The average molecular weight is 185 g/mol. The summed E-state index contributed by atoms with van der Waals surface area (Å²) in [5.74, 6) is 0.838. The highest BCUT2D eigenvalue weighted by molar-refractivity contribution is 5.83. The maximum absolute atomic E-state index is 5.51. The lowest BCUT2D eigenvalue weighted by Gasteiger charge is -2.04. The van der Waals surface area contributed by atoms with Crippen molar-refractivity contribution >= 4 is 10.8 Å². The molecule has 0 amide bonds. The number of fused-ring (bicyclic) bond motifs is 1. The van der Waals surface area contributed by atoms with Gasteiger partial charge in [-0.05, 0) is 29.3 Å². The van der Waals surface area contributed by atoms with Crippen LogP contribution in [-0.2, 0) is 0 Å². The lowest BCUT2D eigenvalue weighted by Crippen LogP contribution is -1.94. The number of hydrogen-bond donors (Lipinski definition) is 0. The molecule has 2 rings (SSSR count). The molecule has 0 unspecified atom stereocenters. The van der Waals surface area contributed by atoms with Crippen LogP contribution in [0.25, 0.3) is 10.8 Å². The van der Waals surface area contributed by atoms with Gasteiger partial charge in [0.25, 0.3) is 0 Å². The highest BCUT2D eigenvalue weighted by Gasteiger charge is 1.96. The smallest absolute Gasteiger partial charge is 0.127 e. The Labute approximate surface area is 84.3 Å². The number of ether oxygens (including phenoxy) is 1. The average Bonchev–Trinajstić information content (AvgIpc) is 2.26. The first kappa shape index (κ1) is 9.07. The van der Waals surface area contributed by atoms with Crippen molar-refractivity contribution in [2.24, 2.45) is 0 Å². The van der Waals surface area contributed by atoms with Crippen LogP contribution in [0.15, 0.2) is 36.4 Å². The van der Waals surface area contributed by atoms with Crippen molar-refractivity contribution in [3.63, 3.8) is 0 Å². The Morgan fingerprint density at radius 1 is 1.21 bits per heavy atom. The van der Waals surface area contributed by atoms with Crippen LogP contribution in [0.4, 0.5) is 0 Å². The maximum atomic E-state index is 5.51. The van der Waals surface area contributed by atoms with E-state index in [-0.39, 0.29) is 0 Å². The topological polar surface area (TPSA) is 9.23 Å². The number of benzene rings is 2. The Bertz CT molecular complexity index is 420. The molecular weight excluding hydrogens is 172 g/mol. The van der Waals surface area contributed by atoms with E-state index in [1.807, 2.05) is 24.3 Å². The molecule has 0 heterocycles.